The summed E-state index contributed by atoms with van der Waals surface area (Å²) in [5, 5.41) is 0. The predicted octanol–water partition coefficient (Wildman–Crippen LogP) is 4.78. The molecule has 2 aromatic carbocycles. The highest BCUT2D eigenvalue weighted by Gasteiger charge is 2.32. The zero-order valence-electron chi connectivity index (χ0n) is 12.4. The molecule has 0 N–H and O–H groups in total. The Kier molecular flexibility index (Phi) is 4.37. The van der Waals surface area contributed by atoms with Crippen LogP contribution in [0.15, 0.2) is 61.2 Å². The lowest BCUT2D eigenvalue weighted by molar-refractivity contribution is -0.117. The lowest BCUT2D eigenvalue weighted by atomic mass is 9.71. The van der Waals surface area contributed by atoms with Crippen molar-refractivity contribution < 1.29 is 9.18 Å². The van der Waals surface area contributed by atoms with E-state index >= 15 is 0 Å². The molecular formula is C19H19FO. The van der Waals surface area contributed by atoms with E-state index in [2.05, 4.69) is 6.58 Å². The summed E-state index contributed by atoms with van der Waals surface area (Å²) in [7, 11) is 0. The minimum atomic E-state index is -0.616. The quantitative estimate of drug-likeness (QED) is 0.771. The van der Waals surface area contributed by atoms with E-state index in [1.54, 1.807) is 13.0 Å². The van der Waals surface area contributed by atoms with Crippen LogP contribution in [0.5, 0.6) is 0 Å². The van der Waals surface area contributed by atoms with Crippen LogP contribution < -0.4 is 0 Å². The minimum absolute atomic E-state index is 0.0545. The Morgan fingerprint density at radius 2 is 1.81 bits per heavy atom. The molecule has 0 saturated carbocycles. The highest BCUT2D eigenvalue weighted by molar-refractivity contribution is 5.84. The molecule has 0 aliphatic rings. The molecule has 0 amide bonds. The monoisotopic (exact) mass is 282 g/mol. The molecule has 21 heavy (non-hydrogen) atoms. The van der Waals surface area contributed by atoms with Crippen LogP contribution in [0, 0.1) is 5.82 Å². The second kappa shape index (κ2) is 6.04. The molecular weight excluding hydrogens is 263 g/mol. The van der Waals surface area contributed by atoms with E-state index in [4.69, 9.17) is 0 Å². The third kappa shape index (κ3) is 3.27. The van der Waals surface area contributed by atoms with Crippen molar-refractivity contribution >= 4 is 11.4 Å². The average Bonchev–Trinajstić information content (AvgIpc) is 2.46. The first-order chi connectivity index (χ1) is 9.93. The van der Waals surface area contributed by atoms with Crippen molar-refractivity contribution in [2.75, 3.05) is 0 Å². The number of Topliss-reactive ketones (excluding diaryl/α,β-unsaturated/α-hetero) is 1. The van der Waals surface area contributed by atoms with Crippen molar-refractivity contribution in [3.05, 3.63) is 78.1 Å². The summed E-state index contributed by atoms with van der Waals surface area (Å²) < 4.78 is 13.6. The molecule has 0 bridgehead atoms. The number of ketones is 1. The molecule has 1 atom stereocenters. The summed E-state index contributed by atoms with van der Waals surface area (Å²) >= 11 is 0. The molecule has 0 saturated heterocycles. The predicted molar refractivity (Wildman–Crippen MR) is 84.5 cm³/mol. The van der Waals surface area contributed by atoms with E-state index in [1.165, 1.54) is 12.1 Å². The first-order valence-corrected chi connectivity index (χ1v) is 6.94. The lowest BCUT2D eigenvalue weighted by Gasteiger charge is -2.32. The maximum absolute atomic E-state index is 13.6. The zero-order valence-corrected chi connectivity index (χ0v) is 12.4. The number of rotatable bonds is 5. The van der Waals surface area contributed by atoms with Crippen LogP contribution in [-0.2, 0) is 10.2 Å². The molecule has 0 radical (unpaired) electrons. The van der Waals surface area contributed by atoms with Crippen LogP contribution in [0.1, 0.15) is 31.4 Å². The van der Waals surface area contributed by atoms with Crippen LogP contribution in [0.2, 0.25) is 0 Å². The molecule has 0 spiro atoms. The van der Waals surface area contributed by atoms with Gasteiger partial charge >= 0.3 is 0 Å². The van der Waals surface area contributed by atoms with E-state index < -0.39 is 5.41 Å². The maximum Gasteiger partial charge on any atom is 0.131 e. The van der Waals surface area contributed by atoms with E-state index in [0.717, 1.165) is 16.7 Å². The van der Waals surface area contributed by atoms with Crippen LogP contribution in [0.25, 0.3) is 5.57 Å². The number of carbonyl (C=O) groups is 1. The third-order valence-electron chi connectivity index (χ3n) is 3.85. The highest BCUT2D eigenvalue weighted by Crippen LogP contribution is 2.40. The Balaban J connectivity index is 2.52. The molecule has 0 aromatic heterocycles. The van der Waals surface area contributed by atoms with Crippen molar-refractivity contribution in [3.63, 3.8) is 0 Å². The van der Waals surface area contributed by atoms with Gasteiger partial charge in [0.1, 0.15) is 11.6 Å². The first kappa shape index (κ1) is 15.2. The van der Waals surface area contributed by atoms with Gasteiger partial charge in [-0.15, -0.1) is 0 Å². The molecule has 1 nitrogen and oxygen atoms in total. The smallest absolute Gasteiger partial charge is 0.131 e. The fourth-order valence-electron chi connectivity index (χ4n) is 2.67. The number of carbonyl (C=O) groups excluding carboxylic acids is 1. The highest BCUT2D eigenvalue weighted by atomic mass is 19.1. The normalized spacial score (nSPS) is 13.5. The van der Waals surface area contributed by atoms with Gasteiger partial charge in [0.25, 0.3) is 0 Å². The van der Waals surface area contributed by atoms with E-state index in [1.807, 2.05) is 43.3 Å². The average molecular weight is 282 g/mol. The van der Waals surface area contributed by atoms with Gasteiger partial charge < -0.3 is 0 Å². The molecule has 0 aliphatic carbocycles. The van der Waals surface area contributed by atoms with Gasteiger partial charge in [-0.05, 0) is 35.8 Å². The Hall–Kier alpha value is -2.22. The van der Waals surface area contributed by atoms with Crippen molar-refractivity contribution in [1.82, 2.24) is 0 Å². The molecule has 0 unspecified atom stereocenters. The largest absolute Gasteiger partial charge is 0.300 e. The summed E-state index contributed by atoms with van der Waals surface area (Å²) in [5.74, 6) is -0.248. The van der Waals surface area contributed by atoms with Gasteiger partial charge in [0.05, 0.1) is 0 Å². The summed E-state index contributed by atoms with van der Waals surface area (Å²) in [6.07, 6.45) is 0.296. The summed E-state index contributed by atoms with van der Waals surface area (Å²) in [6, 6.07) is 16.1. The zero-order chi connectivity index (χ0) is 15.5. The number of hydrogen-bond donors (Lipinski definition) is 0. The number of hydrogen-bond acceptors (Lipinski definition) is 1. The van der Waals surface area contributed by atoms with Crippen molar-refractivity contribution in [2.24, 2.45) is 0 Å². The number of halogens is 1. The standard InChI is InChI=1S/C19H19FO/c1-14(21)13-19(3,17-10-7-11-18(20)12-17)15(2)16-8-5-4-6-9-16/h4-12H,2,13H2,1,3H3/t19-/m1/s1. The van der Waals surface area contributed by atoms with Crippen molar-refractivity contribution in [1.29, 1.82) is 0 Å². The molecule has 0 heterocycles. The lowest BCUT2D eigenvalue weighted by Crippen LogP contribution is -2.26. The van der Waals surface area contributed by atoms with Crippen LogP contribution in [0.3, 0.4) is 0 Å². The van der Waals surface area contributed by atoms with Gasteiger partial charge in [-0.1, -0.05) is 56.0 Å². The van der Waals surface area contributed by atoms with Crippen LogP contribution in [-0.4, -0.2) is 5.78 Å². The van der Waals surface area contributed by atoms with Crippen molar-refractivity contribution in [3.8, 4) is 0 Å². The second-order valence-corrected chi connectivity index (χ2v) is 5.57. The van der Waals surface area contributed by atoms with E-state index in [9.17, 15) is 9.18 Å². The van der Waals surface area contributed by atoms with Gasteiger partial charge in [-0.3, -0.25) is 4.79 Å². The molecule has 2 aromatic rings. The Morgan fingerprint density at radius 1 is 1.14 bits per heavy atom. The molecule has 2 heteroatoms. The van der Waals surface area contributed by atoms with Gasteiger partial charge in [0.15, 0.2) is 0 Å². The number of allylic oxidation sites excluding steroid dienone is 1. The minimum Gasteiger partial charge on any atom is -0.300 e. The maximum atomic E-state index is 13.6. The molecule has 108 valence electrons. The summed E-state index contributed by atoms with van der Waals surface area (Å²) in [4.78, 5) is 11.7. The van der Waals surface area contributed by atoms with E-state index in [0.29, 0.717) is 6.42 Å². The molecule has 0 fully saturated rings. The Morgan fingerprint density at radius 3 is 2.38 bits per heavy atom. The number of benzene rings is 2. The van der Waals surface area contributed by atoms with Crippen LogP contribution >= 0.6 is 0 Å². The third-order valence-corrected chi connectivity index (χ3v) is 3.85. The Bertz CT molecular complexity index is 660. The summed E-state index contributed by atoms with van der Waals surface area (Å²) in [6.45, 7) is 7.68. The SMILES string of the molecule is C=C(c1ccccc1)[C@@](C)(CC(C)=O)c1cccc(F)c1. The fourth-order valence-corrected chi connectivity index (χ4v) is 2.67. The molecule has 0 aliphatic heterocycles. The second-order valence-electron chi connectivity index (χ2n) is 5.57. The topological polar surface area (TPSA) is 17.1 Å². The van der Waals surface area contributed by atoms with Gasteiger partial charge in [0, 0.05) is 11.8 Å². The summed E-state index contributed by atoms with van der Waals surface area (Å²) in [5.41, 5.74) is 1.94. The van der Waals surface area contributed by atoms with Gasteiger partial charge in [-0.25, -0.2) is 4.39 Å². The first-order valence-electron chi connectivity index (χ1n) is 6.94. The Labute approximate surface area is 125 Å². The van der Waals surface area contributed by atoms with E-state index in [-0.39, 0.29) is 11.6 Å². The molecule has 2 rings (SSSR count). The van der Waals surface area contributed by atoms with Crippen molar-refractivity contribution in [2.45, 2.75) is 25.7 Å². The van der Waals surface area contributed by atoms with Gasteiger partial charge in [0.2, 0.25) is 0 Å². The van der Waals surface area contributed by atoms with Crippen LogP contribution in [0.4, 0.5) is 4.39 Å². The fraction of sp³-hybridized carbons (Fsp3) is 0.211. The van der Waals surface area contributed by atoms with Gasteiger partial charge in [-0.2, -0.15) is 0 Å².